The van der Waals surface area contributed by atoms with E-state index in [1.807, 2.05) is 11.8 Å². The highest BCUT2D eigenvalue weighted by molar-refractivity contribution is 7.99. The zero-order chi connectivity index (χ0) is 10.6. The summed E-state index contributed by atoms with van der Waals surface area (Å²) in [5.74, 6) is 0.772. The maximum atomic E-state index is 3.82. The van der Waals surface area contributed by atoms with Crippen LogP contribution in [0.4, 0.5) is 0 Å². The van der Waals surface area contributed by atoms with Crippen LogP contribution in [0.15, 0.2) is 0 Å². The van der Waals surface area contributed by atoms with E-state index in [9.17, 15) is 0 Å². The minimum atomic E-state index is 0.723. The van der Waals surface area contributed by atoms with E-state index < -0.39 is 0 Å². The zero-order valence-electron chi connectivity index (χ0n) is 10.0. The first-order chi connectivity index (χ1) is 6.67. The molecule has 2 heteroatoms. The van der Waals surface area contributed by atoms with Gasteiger partial charge in [-0.3, -0.25) is 0 Å². The lowest BCUT2D eigenvalue weighted by atomic mass is 10.0. The van der Waals surface area contributed by atoms with Crippen LogP contribution in [0.3, 0.4) is 0 Å². The molecule has 0 aliphatic heterocycles. The predicted molar refractivity (Wildman–Crippen MR) is 67.0 cm³/mol. The summed E-state index contributed by atoms with van der Waals surface area (Å²) in [4.78, 5) is 0. The van der Waals surface area contributed by atoms with Crippen molar-refractivity contribution in [2.75, 3.05) is 6.26 Å². The number of thioether (sulfide) groups is 1. The minimum absolute atomic E-state index is 0.723. The van der Waals surface area contributed by atoms with Gasteiger partial charge in [-0.2, -0.15) is 11.8 Å². The Bertz CT molecular complexity index is 158. The van der Waals surface area contributed by atoms with Crippen LogP contribution >= 0.6 is 11.8 Å². The van der Waals surface area contributed by atoms with Crippen molar-refractivity contribution in [1.82, 2.24) is 5.32 Å². The largest absolute Gasteiger partial charge is 0.311 e. The second kappa shape index (κ2) is 6.02. The van der Waals surface area contributed by atoms with Crippen LogP contribution in [0, 0.1) is 5.92 Å². The fourth-order valence-electron chi connectivity index (χ4n) is 2.39. The average molecular weight is 215 g/mol. The van der Waals surface area contributed by atoms with Crippen molar-refractivity contribution in [3.05, 3.63) is 0 Å². The molecule has 0 radical (unpaired) electrons. The molecule has 0 heterocycles. The Morgan fingerprint density at radius 2 is 2.07 bits per heavy atom. The average Bonchev–Trinajstić information content (AvgIpc) is 2.61. The highest BCUT2D eigenvalue weighted by Gasteiger charge is 2.25. The molecule has 1 rings (SSSR count). The summed E-state index contributed by atoms with van der Waals surface area (Å²) >= 11 is 2.04. The topological polar surface area (TPSA) is 12.0 Å². The van der Waals surface area contributed by atoms with Gasteiger partial charge in [0.1, 0.15) is 0 Å². The van der Waals surface area contributed by atoms with Gasteiger partial charge in [0.2, 0.25) is 0 Å². The molecule has 3 unspecified atom stereocenters. The first-order valence-corrected chi connectivity index (χ1v) is 7.25. The molecule has 1 fully saturated rings. The molecule has 1 N–H and O–H groups in total. The molecule has 0 aromatic heterocycles. The molecule has 1 aliphatic carbocycles. The molecule has 0 bridgehead atoms. The van der Waals surface area contributed by atoms with Gasteiger partial charge in [0.15, 0.2) is 0 Å². The van der Waals surface area contributed by atoms with E-state index in [1.165, 1.54) is 25.7 Å². The molecule has 1 nitrogen and oxygen atoms in total. The molecule has 0 aromatic rings. The van der Waals surface area contributed by atoms with Crippen molar-refractivity contribution in [3.63, 3.8) is 0 Å². The highest BCUT2D eigenvalue weighted by Crippen LogP contribution is 2.28. The molecule has 84 valence electrons. The lowest BCUT2D eigenvalue weighted by Crippen LogP contribution is -2.39. The molecule has 0 saturated heterocycles. The van der Waals surface area contributed by atoms with Crippen LogP contribution in [-0.2, 0) is 0 Å². The zero-order valence-corrected chi connectivity index (χ0v) is 10.9. The SMILES string of the molecule is CCC(NC1CCC(SC)C1)C(C)C. The molecular formula is C12H25NS. The molecule has 1 saturated carbocycles. The first kappa shape index (κ1) is 12.4. The summed E-state index contributed by atoms with van der Waals surface area (Å²) in [6, 6.07) is 1.51. The van der Waals surface area contributed by atoms with Crippen LogP contribution in [0.25, 0.3) is 0 Å². The van der Waals surface area contributed by atoms with Gasteiger partial charge in [-0.25, -0.2) is 0 Å². The maximum absolute atomic E-state index is 3.82. The Morgan fingerprint density at radius 1 is 1.36 bits per heavy atom. The molecule has 0 amide bonds. The third kappa shape index (κ3) is 3.47. The lowest BCUT2D eigenvalue weighted by molar-refractivity contribution is 0.344. The standard InChI is InChI=1S/C12H25NS/c1-5-12(9(2)3)13-10-6-7-11(8-10)14-4/h9-13H,5-8H2,1-4H3. The number of nitrogens with one attached hydrogen (secondary N) is 1. The molecular weight excluding hydrogens is 190 g/mol. The van der Waals surface area contributed by atoms with Gasteiger partial charge < -0.3 is 5.32 Å². The Hall–Kier alpha value is 0.310. The number of rotatable bonds is 5. The van der Waals surface area contributed by atoms with Gasteiger partial charge >= 0.3 is 0 Å². The summed E-state index contributed by atoms with van der Waals surface area (Å²) in [6.07, 6.45) is 7.68. The molecule has 14 heavy (non-hydrogen) atoms. The van der Waals surface area contributed by atoms with Crippen molar-refractivity contribution < 1.29 is 0 Å². The van der Waals surface area contributed by atoms with E-state index in [2.05, 4.69) is 32.3 Å². The summed E-state index contributed by atoms with van der Waals surface area (Å²) < 4.78 is 0. The molecule has 3 atom stereocenters. The van der Waals surface area contributed by atoms with E-state index in [1.54, 1.807) is 0 Å². The summed E-state index contributed by atoms with van der Waals surface area (Å²) in [7, 11) is 0. The van der Waals surface area contributed by atoms with Gasteiger partial charge in [0.25, 0.3) is 0 Å². The van der Waals surface area contributed by atoms with Gasteiger partial charge in [-0.15, -0.1) is 0 Å². The fraction of sp³-hybridized carbons (Fsp3) is 1.00. The van der Waals surface area contributed by atoms with Crippen molar-refractivity contribution in [2.45, 2.75) is 63.8 Å². The smallest absolute Gasteiger partial charge is 0.00900 e. The summed E-state index contributed by atoms with van der Waals surface area (Å²) in [5, 5.41) is 4.73. The normalized spacial score (nSPS) is 29.8. The van der Waals surface area contributed by atoms with Crippen molar-refractivity contribution in [2.24, 2.45) is 5.92 Å². The Balaban J connectivity index is 2.30. The first-order valence-electron chi connectivity index (χ1n) is 5.96. The van der Waals surface area contributed by atoms with Crippen LogP contribution in [0.5, 0.6) is 0 Å². The number of hydrogen-bond donors (Lipinski definition) is 1. The lowest BCUT2D eigenvalue weighted by Gasteiger charge is -2.25. The van der Waals surface area contributed by atoms with Crippen LogP contribution in [0.1, 0.15) is 46.5 Å². The molecule has 0 spiro atoms. The highest BCUT2D eigenvalue weighted by atomic mass is 32.2. The molecule has 1 aliphatic rings. The number of hydrogen-bond acceptors (Lipinski definition) is 2. The van der Waals surface area contributed by atoms with Crippen LogP contribution in [0.2, 0.25) is 0 Å². The van der Waals surface area contributed by atoms with E-state index in [-0.39, 0.29) is 0 Å². The van der Waals surface area contributed by atoms with Crippen molar-refractivity contribution >= 4 is 11.8 Å². The van der Waals surface area contributed by atoms with Gasteiger partial charge in [0, 0.05) is 17.3 Å². The Morgan fingerprint density at radius 3 is 2.50 bits per heavy atom. The second-order valence-corrected chi connectivity index (χ2v) is 5.93. The van der Waals surface area contributed by atoms with Crippen molar-refractivity contribution in [1.29, 1.82) is 0 Å². The monoisotopic (exact) mass is 215 g/mol. The van der Waals surface area contributed by atoms with E-state index in [4.69, 9.17) is 0 Å². The minimum Gasteiger partial charge on any atom is -0.311 e. The quantitative estimate of drug-likeness (QED) is 0.755. The van der Waals surface area contributed by atoms with E-state index >= 15 is 0 Å². The van der Waals surface area contributed by atoms with Gasteiger partial charge in [-0.1, -0.05) is 20.8 Å². The fourth-order valence-corrected chi connectivity index (χ4v) is 3.19. The second-order valence-electron chi connectivity index (χ2n) is 4.79. The summed E-state index contributed by atoms with van der Waals surface area (Å²) in [6.45, 7) is 6.93. The van der Waals surface area contributed by atoms with Crippen molar-refractivity contribution in [3.8, 4) is 0 Å². The molecule has 0 aromatic carbocycles. The third-order valence-electron chi connectivity index (χ3n) is 3.41. The van der Waals surface area contributed by atoms with E-state index in [0.29, 0.717) is 0 Å². The predicted octanol–water partition coefficient (Wildman–Crippen LogP) is 3.29. The van der Waals surface area contributed by atoms with Gasteiger partial charge in [0.05, 0.1) is 0 Å². The Kier molecular flexibility index (Phi) is 5.32. The summed E-state index contributed by atoms with van der Waals surface area (Å²) in [5.41, 5.74) is 0. The van der Waals surface area contributed by atoms with Crippen LogP contribution < -0.4 is 5.32 Å². The van der Waals surface area contributed by atoms with E-state index in [0.717, 1.165) is 23.3 Å². The third-order valence-corrected chi connectivity index (χ3v) is 4.51. The van der Waals surface area contributed by atoms with Gasteiger partial charge in [-0.05, 0) is 37.9 Å². The maximum Gasteiger partial charge on any atom is 0.00900 e. The van der Waals surface area contributed by atoms with Crippen LogP contribution in [-0.4, -0.2) is 23.6 Å². The Labute approximate surface area is 93.4 Å².